The van der Waals surface area contributed by atoms with Gasteiger partial charge in [-0.05, 0) is 31.0 Å². The van der Waals surface area contributed by atoms with E-state index in [1.54, 1.807) is 11.3 Å². The lowest BCUT2D eigenvalue weighted by Gasteiger charge is -1.95. The van der Waals surface area contributed by atoms with Crippen LogP contribution < -0.4 is 0 Å². The van der Waals surface area contributed by atoms with Crippen LogP contribution in [0, 0.1) is 13.8 Å². The molecule has 0 spiro atoms. The Bertz CT molecular complexity index is 548. The maximum Gasteiger partial charge on any atom is 0.313 e. The quantitative estimate of drug-likeness (QED) is 0.854. The number of aryl methyl sites for hydroxylation is 2. The fraction of sp³-hybridized carbons (Fsp3) is 0.273. The molecule has 0 fully saturated rings. The van der Waals surface area contributed by atoms with Gasteiger partial charge in [0.15, 0.2) is 4.34 Å². The van der Waals surface area contributed by atoms with Crippen LogP contribution in [0.2, 0.25) is 0 Å². The summed E-state index contributed by atoms with van der Waals surface area (Å²) in [6, 6.07) is 4.15. The van der Waals surface area contributed by atoms with Crippen LogP contribution in [0.4, 0.5) is 0 Å². The van der Waals surface area contributed by atoms with Crippen LogP contribution in [-0.4, -0.2) is 21.8 Å². The van der Waals surface area contributed by atoms with Crippen molar-refractivity contribution in [2.24, 2.45) is 0 Å². The molecule has 0 bridgehead atoms. The molecule has 0 saturated carbocycles. The molecular formula is C11H11NO2S2. The number of hydrogen-bond acceptors (Lipinski definition) is 4. The Balaban J connectivity index is 2.36. The zero-order chi connectivity index (χ0) is 11.7. The number of hydrogen-bond donors (Lipinski definition) is 1. The molecule has 2 aromatic rings. The third-order valence-corrected chi connectivity index (χ3v) is 4.45. The van der Waals surface area contributed by atoms with Crippen LogP contribution in [-0.2, 0) is 4.79 Å². The van der Waals surface area contributed by atoms with Crippen molar-refractivity contribution in [2.75, 3.05) is 5.75 Å². The first-order valence-corrected chi connectivity index (χ1v) is 6.59. The van der Waals surface area contributed by atoms with Crippen LogP contribution in [0.3, 0.4) is 0 Å². The fourth-order valence-corrected chi connectivity index (χ4v) is 3.36. The van der Waals surface area contributed by atoms with Gasteiger partial charge in [-0.1, -0.05) is 17.8 Å². The topological polar surface area (TPSA) is 50.2 Å². The number of carboxylic acid groups (broad SMARTS) is 1. The van der Waals surface area contributed by atoms with Gasteiger partial charge in [-0.25, -0.2) is 4.98 Å². The highest BCUT2D eigenvalue weighted by Crippen LogP contribution is 2.32. The van der Waals surface area contributed by atoms with E-state index in [0.29, 0.717) is 0 Å². The number of thioether (sulfide) groups is 1. The van der Waals surface area contributed by atoms with E-state index in [-0.39, 0.29) is 5.75 Å². The highest BCUT2D eigenvalue weighted by atomic mass is 32.2. The maximum absolute atomic E-state index is 10.5. The summed E-state index contributed by atoms with van der Waals surface area (Å²) in [5.41, 5.74) is 3.36. The third-order valence-electron chi connectivity index (χ3n) is 2.12. The Kier molecular flexibility index (Phi) is 3.16. The minimum atomic E-state index is -0.808. The first kappa shape index (κ1) is 11.4. The lowest BCUT2D eigenvalue weighted by Crippen LogP contribution is -1.96. The number of thiazole rings is 1. The second kappa shape index (κ2) is 4.43. The number of fused-ring (bicyclic) bond motifs is 1. The van der Waals surface area contributed by atoms with Gasteiger partial charge in [0.2, 0.25) is 0 Å². The van der Waals surface area contributed by atoms with Gasteiger partial charge in [0, 0.05) is 0 Å². The molecule has 0 aliphatic heterocycles. The van der Waals surface area contributed by atoms with Crippen LogP contribution in [0.15, 0.2) is 16.5 Å². The number of aromatic nitrogens is 1. The van der Waals surface area contributed by atoms with Crippen LogP contribution >= 0.6 is 23.1 Å². The summed E-state index contributed by atoms with van der Waals surface area (Å²) in [6.45, 7) is 4.09. The molecule has 1 heterocycles. The summed E-state index contributed by atoms with van der Waals surface area (Å²) in [7, 11) is 0. The number of aliphatic carboxylic acids is 1. The second-order valence-corrected chi connectivity index (χ2v) is 5.81. The molecule has 84 valence electrons. The first-order valence-electron chi connectivity index (χ1n) is 4.78. The number of carbonyl (C=O) groups is 1. The largest absolute Gasteiger partial charge is 0.481 e. The van der Waals surface area contributed by atoms with Crippen molar-refractivity contribution in [3.05, 3.63) is 23.3 Å². The zero-order valence-corrected chi connectivity index (χ0v) is 10.6. The molecule has 2 rings (SSSR count). The maximum atomic E-state index is 10.5. The van der Waals surface area contributed by atoms with Crippen LogP contribution in [0.5, 0.6) is 0 Å². The van der Waals surface area contributed by atoms with E-state index < -0.39 is 5.97 Å². The van der Waals surface area contributed by atoms with Crippen molar-refractivity contribution in [1.82, 2.24) is 4.98 Å². The summed E-state index contributed by atoms with van der Waals surface area (Å²) < 4.78 is 1.98. The Labute approximate surface area is 102 Å². The van der Waals surface area contributed by atoms with Gasteiger partial charge in [-0.3, -0.25) is 4.79 Å². The molecule has 0 atom stereocenters. The molecule has 16 heavy (non-hydrogen) atoms. The van der Waals surface area contributed by atoms with E-state index >= 15 is 0 Å². The van der Waals surface area contributed by atoms with Crippen LogP contribution in [0.1, 0.15) is 11.1 Å². The molecule has 1 N–H and O–H groups in total. The van der Waals surface area contributed by atoms with Crippen LogP contribution in [0.25, 0.3) is 10.2 Å². The first-order chi connectivity index (χ1) is 7.56. The summed E-state index contributed by atoms with van der Waals surface area (Å²) in [4.78, 5) is 14.9. The minimum Gasteiger partial charge on any atom is -0.481 e. The standard InChI is InChI=1S/C11H11NO2S2/c1-6-3-7(2)10-8(4-6)12-11(16-10)15-5-9(13)14/h3-4H,5H2,1-2H3,(H,13,14). The number of nitrogens with zero attached hydrogens (tertiary/aromatic N) is 1. The minimum absolute atomic E-state index is 0.0673. The Morgan fingerprint density at radius 3 is 2.94 bits per heavy atom. The summed E-state index contributed by atoms with van der Waals surface area (Å²) in [5, 5.41) is 8.60. The lowest BCUT2D eigenvalue weighted by molar-refractivity contribution is -0.133. The van der Waals surface area contributed by atoms with Crippen molar-refractivity contribution in [2.45, 2.75) is 18.2 Å². The Morgan fingerprint density at radius 2 is 2.25 bits per heavy atom. The van der Waals surface area contributed by atoms with Gasteiger partial charge in [-0.2, -0.15) is 0 Å². The van der Waals surface area contributed by atoms with E-state index in [1.807, 2.05) is 13.0 Å². The summed E-state index contributed by atoms with van der Waals surface area (Å²) in [6.07, 6.45) is 0. The van der Waals surface area contributed by atoms with Gasteiger partial charge in [-0.15, -0.1) is 11.3 Å². The molecule has 0 saturated heterocycles. The average Bonchev–Trinajstić information content (AvgIpc) is 2.57. The molecule has 0 aliphatic carbocycles. The molecule has 1 aromatic heterocycles. The zero-order valence-electron chi connectivity index (χ0n) is 8.98. The Morgan fingerprint density at radius 1 is 1.50 bits per heavy atom. The predicted octanol–water partition coefficient (Wildman–Crippen LogP) is 3.09. The molecule has 0 aliphatic rings. The number of benzene rings is 1. The molecule has 0 unspecified atom stereocenters. The van der Waals surface area contributed by atoms with E-state index in [4.69, 9.17) is 5.11 Å². The van der Waals surface area contributed by atoms with Gasteiger partial charge in [0.1, 0.15) is 0 Å². The highest BCUT2D eigenvalue weighted by Gasteiger charge is 2.08. The number of carboxylic acids is 1. The molecule has 5 heteroatoms. The van der Waals surface area contributed by atoms with E-state index in [2.05, 4.69) is 18.0 Å². The van der Waals surface area contributed by atoms with E-state index in [0.717, 1.165) is 14.6 Å². The summed E-state index contributed by atoms with van der Waals surface area (Å²) >= 11 is 2.84. The Hall–Kier alpha value is -1.07. The van der Waals surface area contributed by atoms with E-state index in [9.17, 15) is 4.79 Å². The van der Waals surface area contributed by atoms with Crippen molar-refractivity contribution in [3.8, 4) is 0 Å². The van der Waals surface area contributed by atoms with Crippen molar-refractivity contribution < 1.29 is 9.90 Å². The summed E-state index contributed by atoms with van der Waals surface area (Å²) in [5.74, 6) is -0.741. The van der Waals surface area contributed by atoms with Crippen molar-refractivity contribution in [1.29, 1.82) is 0 Å². The van der Waals surface area contributed by atoms with E-state index in [1.165, 1.54) is 22.9 Å². The normalized spacial score (nSPS) is 10.9. The smallest absolute Gasteiger partial charge is 0.313 e. The fourth-order valence-electron chi connectivity index (χ4n) is 1.54. The monoisotopic (exact) mass is 253 g/mol. The highest BCUT2D eigenvalue weighted by molar-refractivity contribution is 8.01. The second-order valence-electron chi connectivity index (χ2n) is 3.59. The SMILES string of the molecule is Cc1cc(C)c2sc(SCC(=O)O)nc2c1. The van der Waals surface area contributed by atoms with Crippen molar-refractivity contribution >= 4 is 39.3 Å². The lowest BCUT2D eigenvalue weighted by atomic mass is 10.1. The van der Waals surface area contributed by atoms with Gasteiger partial charge < -0.3 is 5.11 Å². The van der Waals surface area contributed by atoms with Gasteiger partial charge in [0.25, 0.3) is 0 Å². The van der Waals surface area contributed by atoms with Gasteiger partial charge in [0.05, 0.1) is 16.0 Å². The molecule has 3 nitrogen and oxygen atoms in total. The molecule has 0 radical (unpaired) electrons. The predicted molar refractivity (Wildman–Crippen MR) is 67.5 cm³/mol. The third kappa shape index (κ3) is 2.36. The average molecular weight is 253 g/mol. The van der Waals surface area contributed by atoms with Gasteiger partial charge >= 0.3 is 5.97 Å². The number of rotatable bonds is 3. The molecule has 1 aromatic carbocycles. The van der Waals surface area contributed by atoms with Crippen molar-refractivity contribution in [3.63, 3.8) is 0 Å². The molecular weight excluding hydrogens is 242 g/mol. The molecule has 0 amide bonds.